The highest BCUT2D eigenvalue weighted by molar-refractivity contribution is 7.26. The number of para-hydroxylation sites is 3. The third kappa shape index (κ3) is 5.63. The number of rotatable bonds is 7. The van der Waals surface area contributed by atoms with Gasteiger partial charge in [0.25, 0.3) is 0 Å². The maximum Gasteiger partial charge on any atom is 0.0645 e. The minimum Gasteiger partial charge on any atom is -0.310 e. The number of hydrogen-bond donors (Lipinski definition) is 0. The summed E-state index contributed by atoms with van der Waals surface area (Å²) in [5.41, 5.74) is -11.4. The summed E-state index contributed by atoms with van der Waals surface area (Å²) in [4.78, 5) is 0.361. The van der Waals surface area contributed by atoms with E-state index in [2.05, 4.69) is 0 Å². The molecule has 0 unspecified atom stereocenters. The van der Waals surface area contributed by atoms with E-state index in [0.717, 1.165) is 0 Å². The Hall–Kier alpha value is -7.20. The van der Waals surface area contributed by atoms with Crippen LogP contribution in [-0.4, -0.2) is 4.57 Å². The van der Waals surface area contributed by atoms with Gasteiger partial charge in [-0.25, -0.2) is 0 Å². The molecule has 0 N–H and O–H groups in total. The van der Waals surface area contributed by atoms with Gasteiger partial charge in [0.05, 0.1) is 71.8 Å². The molecule has 0 saturated carbocycles. The van der Waals surface area contributed by atoms with Crippen molar-refractivity contribution in [3.63, 3.8) is 0 Å². The summed E-state index contributed by atoms with van der Waals surface area (Å²) in [6.45, 7) is 0. The summed E-state index contributed by atoms with van der Waals surface area (Å²) in [7, 11) is 0. The monoisotopic (exact) mass is 780 g/mol. The van der Waals surface area contributed by atoms with Crippen molar-refractivity contribution in [2.24, 2.45) is 0 Å². The lowest BCUT2D eigenvalue weighted by Gasteiger charge is -2.27. The van der Waals surface area contributed by atoms with Gasteiger partial charge in [0.2, 0.25) is 0 Å². The topological polar surface area (TPSA) is 8.17 Å². The fourth-order valence-electron chi connectivity index (χ4n) is 6.28. The first-order valence-electron chi connectivity index (χ1n) is 34.5. The Morgan fingerprint density at radius 3 is 1.46 bits per heavy atom. The van der Waals surface area contributed by atoms with Crippen LogP contribution in [0.3, 0.4) is 0 Å². The number of thiophene rings is 1. The summed E-state index contributed by atoms with van der Waals surface area (Å²) in [6.07, 6.45) is 0. The molecule has 0 bridgehead atoms. The molecule has 11 rings (SSSR count). The van der Waals surface area contributed by atoms with Crippen molar-refractivity contribution in [2.75, 3.05) is 4.90 Å². The lowest BCUT2D eigenvalue weighted by molar-refractivity contribution is 1.18. The van der Waals surface area contributed by atoms with Crippen LogP contribution in [0.2, 0.25) is 0 Å². The third-order valence-corrected chi connectivity index (χ3v) is 9.80. The van der Waals surface area contributed by atoms with E-state index in [1.54, 1.807) is 0 Å². The summed E-state index contributed by atoms with van der Waals surface area (Å²) >= 11 is 0.325. The number of anilines is 3. The predicted octanol–water partition coefficient (Wildman–Crippen LogP) is 15.6. The van der Waals surface area contributed by atoms with Crippen LogP contribution in [0.1, 0.15) is 49.3 Å². The molecule has 0 aliphatic carbocycles. The van der Waals surface area contributed by atoms with E-state index in [-0.39, 0.29) is 0 Å². The third-order valence-electron chi connectivity index (χ3n) is 8.67. The van der Waals surface area contributed by atoms with Crippen LogP contribution in [0.4, 0.5) is 17.1 Å². The van der Waals surface area contributed by atoms with Crippen LogP contribution in [-0.2, 0) is 0 Å². The molecule has 268 valence electrons. The lowest BCUT2D eigenvalue weighted by Crippen LogP contribution is -2.10. The molecule has 0 spiro atoms. The van der Waals surface area contributed by atoms with Gasteiger partial charge < -0.3 is 9.47 Å². The highest BCUT2D eigenvalue weighted by Crippen LogP contribution is 2.49. The first kappa shape index (κ1) is 12.9. The van der Waals surface area contributed by atoms with Crippen molar-refractivity contribution in [1.82, 2.24) is 4.57 Å². The second kappa shape index (κ2) is 13.8. The average molecular weight is 781 g/mol. The Balaban J connectivity index is 1.42. The van der Waals surface area contributed by atoms with Gasteiger partial charge in [0.1, 0.15) is 0 Å². The van der Waals surface area contributed by atoms with Gasteiger partial charge in [-0.15, -0.1) is 11.3 Å². The number of aromatic nitrogens is 1. The molecule has 0 radical (unpaired) electrons. The largest absolute Gasteiger partial charge is 0.310 e. The van der Waals surface area contributed by atoms with Gasteiger partial charge in [-0.3, -0.25) is 0 Å². The van der Waals surface area contributed by atoms with Crippen LogP contribution in [0.5, 0.6) is 0 Å². The molecule has 2 heterocycles. The first-order valence-corrected chi connectivity index (χ1v) is 17.3. The van der Waals surface area contributed by atoms with Gasteiger partial charge in [0, 0.05) is 53.4 Å². The maximum atomic E-state index is 10.3. The molecule has 2 aromatic heterocycles. The van der Waals surface area contributed by atoms with Gasteiger partial charge >= 0.3 is 0 Å². The predicted molar refractivity (Wildman–Crippen MR) is 245 cm³/mol. The highest BCUT2D eigenvalue weighted by atomic mass is 32.1. The second-order valence-electron chi connectivity index (χ2n) is 11.8. The van der Waals surface area contributed by atoms with E-state index >= 15 is 0 Å². The summed E-state index contributed by atoms with van der Waals surface area (Å²) in [6, 6.07) is -38.8. The molecule has 3 heteroatoms. The number of hydrogen-bond acceptors (Lipinski definition) is 2. The second-order valence-corrected chi connectivity index (χ2v) is 12.8. The van der Waals surface area contributed by atoms with Crippen molar-refractivity contribution < 1.29 is 49.3 Å². The van der Waals surface area contributed by atoms with Crippen LogP contribution in [0.15, 0.2) is 218 Å². The maximum absolute atomic E-state index is 10.3. The van der Waals surface area contributed by atoms with Crippen LogP contribution in [0, 0.1) is 0 Å². The first-order chi connectivity index (χ1) is 43.3. The van der Waals surface area contributed by atoms with Gasteiger partial charge in [-0.2, -0.15) is 0 Å². The Labute approximate surface area is 386 Å². The molecule has 0 atom stereocenters. The Kier molecular flexibility index (Phi) is 3.13. The summed E-state index contributed by atoms with van der Waals surface area (Å²) in [5, 5.41) is -2.66. The van der Waals surface area contributed by atoms with E-state index in [9.17, 15) is 21.9 Å². The number of benzene rings is 9. The molecule has 11 aromatic rings. The fourth-order valence-corrected chi connectivity index (χ4v) is 7.39. The molecule has 0 saturated heterocycles. The van der Waals surface area contributed by atoms with E-state index < -0.39 is 316 Å². The lowest BCUT2D eigenvalue weighted by atomic mass is 9.98. The normalized spacial score (nSPS) is 20.4. The van der Waals surface area contributed by atoms with Crippen LogP contribution >= 0.6 is 11.3 Å². The zero-order valence-electron chi connectivity index (χ0n) is 64.3. The van der Waals surface area contributed by atoms with E-state index in [4.69, 9.17) is 27.4 Å². The van der Waals surface area contributed by atoms with Crippen molar-refractivity contribution >= 4 is 70.4 Å². The molecule has 57 heavy (non-hydrogen) atoms. The van der Waals surface area contributed by atoms with Gasteiger partial charge in [0.15, 0.2) is 0 Å². The number of fused-ring (bicyclic) bond motifs is 6. The van der Waals surface area contributed by atoms with Gasteiger partial charge in [-0.05, 0) is 76.6 Å². The molecule has 0 aliphatic heterocycles. The minimum absolute atomic E-state index is 0.325. The van der Waals surface area contributed by atoms with Crippen molar-refractivity contribution in [1.29, 1.82) is 0 Å². The van der Waals surface area contributed by atoms with E-state index in [0.29, 0.717) is 20.8 Å². The standard InChI is InChI=1S/C54H36N2S/c1-3-15-37(16-4-1)39-27-31-41(32-28-39)55(42-33-29-40(30-34-42)38-17-5-2-6-18-38)51-36-35-46(54-53(51)47-22-10-14-26-52(47)57-54)45-21-9-13-25-50(45)56-48-23-11-7-19-43(48)44-20-8-12-24-49(44)56/h1-36H/i1D,2D,3D,4D,5D,6D,7D,8D,9D,10D,11D,12D,13D,14D,15D,16D,17D,18D,19D,20D,21D,22D,23D,24D,25D,26D,27D,28D,29D,30D,31D,32D,33D,34D,35D,36D. The van der Waals surface area contributed by atoms with E-state index in [1.807, 2.05) is 0 Å². The molecule has 0 aliphatic rings. The Morgan fingerprint density at radius 2 is 0.860 bits per heavy atom. The molecule has 0 amide bonds. The van der Waals surface area contributed by atoms with Crippen molar-refractivity contribution in [3.8, 4) is 39.1 Å². The zero-order valence-corrected chi connectivity index (χ0v) is 29.1. The van der Waals surface area contributed by atoms with Crippen LogP contribution < -0.4 is 4.90 Å². The summed E-state index contributed by atoms with van der Waals surface area (Å²) in [5.74, 6) is 0. The molecule has 0 fully saturated rings. The summed E-state index contributed by atoms with van der Waals surface area (Å²) < 4.78 is 328. The SMILES string of the molecule is [2H]c1c([2H])c([2H])c(-c2c([2H])c([2H])c(N(c3c([2H])c([2H])c(-c4c([2H])c([2H])c([2H])c([2H])c4[2H])c([2H])c3[2H])c3c([2H])c([2H])c(-c4c([2H])c([2H])c([2H])c([2H])c4-n4c5c([2H])c([2H])c([2H])c([2H])c5c5c([2H])c([2H])c([2H])c([2H])c54)c4sc5c([2H])c([2H])c([2H])c([2H])c5c34)c([2H])c2[2H])c([2H])c1[2H]. The van der Waals surface area contributed by atoms with Crippen LogP contribution in [0.25, 0.3) is 81.0 Å². The molecule has 9 aromatic carbocycles. The molecular formula is C54H36N2S. The van der Waals surface area contributed by atoms with E-state index in [1.165, 1.54) is 0 Å². The van der Waals surface area contributed by atoms with Crippen molar-refractivity contribution in [3.05, 3.63) is 218 Å². The van der Waals surface area contributed by atoms with Gasteiger partial charge in [-0.1, -0.05) is 163 Å². The molecule has 2 nitrogen and oxygen atoms in total. The fraction of sp³-hybridized carbons (Fsp3) is 0. The minimum atomic E-state index is -1.35. The van der Waals surface area contributed by atoms with Crippen molar-refractivity contribution in [2.45, 2.75) is 0 Å². The quantitative estimate of drug-likeness (QED) is 0.156. The Bertz CT molecular complexity index is 5030. The highest BCUT2D eigenvalue weighted by Gasteiger charge is 2.23. The average Bonchev–Trinajstić information content (AvgIpc) is 1.61. The number of nitrogens with zero attached hydrogens (tertiary/aromatic N) is 2. The smallest absolute Gasteiger partial charge is 0.0645 e. The molecular weight excluding hydrogens is 709 g/mol. The Morgan fingerprint density at radius 1 is 0.386 bits per heavy atom. The zero-order chi connectivity index (χ0) is 69.0.